The third-order valence-corrected chi connectivity index (χ3v) is 4.41. The molecule has 4 aromatic rings. The summed E-state index contributed by atoms with van der Waals surface area (Å²) in [6, 6.07) is 10.4. The van der Waals surface area contributed by atoms with E-state index in [0.29, 0.717) is 16.6 Å². The first-order valence-corrected chi connectivity index (χ1v) is 8.97. The first-order chi connectivity index (χ1) is 13.7. The van der Waals surface area contributed by atoms with Crippen LogP contribution in [0.1, 0.15) is 20.8 Å². The van der Waals surface area contributed by atoms with E-state index in [1.54, 1.807) is 24.5 Å². The van der Waals surface area contributed by atoms with Crippen LogP contribution in [0.5, 0.6) is 0 Å². The zero-order chi connectivity index (χ0) is 20.8. The summed E-state index contributed by atoms with van der Waals surface area (Å²) in [6.07, 6.45) is 4.30. The van der Waals surface area contributed by atoms with Crippen LogP contribution in [0.3, 0.4) is 0 Å². The third-order valence-electron chi connectivity index (χ3n) is 4.41. The number of fused-ring (bicyclic) bond motifs is 3. The smallest absolute Gasteiger partial charge is 0.419 e. The second-order valence-electron chi connectivity index (χ2n) is 7.60. The van der Waals surface area contributed by atoms with Gasteiger partial charge >= 0.3 is 11.9 Å². The van der Waals surface area contributed by atoms with E-state index in [4.69, 9.17) is 4.74 Å². The number of carbonyl (C=O) groups excluding carboxylic acids is 1. The Balaban J connectivity index is 1.91. The average Bonchev–Trinajstić information content (AvgIpc) is 3.00. The van der Waals surface area contributed by atoms with Gasteiger partial charge in [-0.15, -0.1) is 0 Å². The lowest BCUT2D eigenvalue weighted by Crippen LogP contribution is -2.27. The van der Waals surface area contributed by atoms with Crippen molar-refractivity contribution in [3.05, 3.63) is 65.1 Å². The number of ether oxygens (including phenoxy) is 1. The molecule has 0 unspecified atom stereocenters. The van der Waals surface area contributed by atoms with Crippen LogP contribution in [0.4, 0.5) is 10.6 Å². The Bertz CT molecular complexity index is 1250. The van der Waals surface area contributed by atoms with Gasteiger partial charge in [-0.3, -0.25) is 4.98 Å². The predicted molar refractivity (Wildman–Crippen MR) is 109 cm³/mol. The molecule has 0 fully saturated rings. The lowest BCUT2D eigenvalue weighted by Gasteiger charge is -2.20. The minimum atomic E-state index is -0.646. The van der Waals surface area contributed by atoms with Crippen molar-refractivity contribution in [3.8, 4) is 11.1 Å². The molecular weight excluding hydrogens is 372 g/mol. The molecule has 29 heavy (non-hydrogen) atoms. The van der Waals surface area contributed by atoms with Gasteiger partial charge in [0.2, 0.25) is 0 Å². The number of carbonyl (C=O) groups is 1. The van der Waals surface area contributed by atoms with Gasteiger partial charge in [0.15, 0.2) is 0 Å². The Morgan fingerprint density at radius 3 is 2.45 bits per heavy atom. The summed E-state index contributed by atoms with van der Waals surface area (Å²) in [5.41, 5.74) is 2.20. The van der Waals surface area contributed by atoms with E-state index >= 15 is 0 Å². The second-order valence-corrected chi connectivity index (χ2v) is 7.60. The highest BCUT2D eigenvalue weighted by atomic mass is 16.6. The molecule has 8 nitrogen and oxygen atoms in total. The summed E-state index contributed by atoms with van der Waals surface area (Å²) in [4.78, 5) is 31.3. The van der Waals surface area contributed by atoms with Crippen LogP contribution in [0.15, 0.2) is 55.0 Å². The molecule has 0 aliphatic rings. The van der Waals surface area contributed by atoms with E-state index in [-0.39, 0.29) is 5.82 Å². The largest absolute Gasteiger partial charge is 0.443 e. The highest BCUT2D eigenvalue weighted by molar-refractivity contribution is 6.13. The van der Waals surface area contributed by atoms with Crippen LogP contribution >= 0.6 is 0 Å². The fraction of sp³-hybridized carbons (Fsp3) is 0.190. The summed E-state index contributed by atoms with van der Waals surface area (Å²) < 4.78 is 7.13. The van der Waals surface area contributed by atoms with Crippen LogP contribution in [0.25, 0.3) is 32.9 Å². The number of benzene rings is 1. The molecule has 0 radical (unpaired) electrons. The SMILES string of the molecule is CC(C)(C)OC(=O)n1c2ccncc2c2ccc(-c3ccc([N+](=O)[O-])nc3)cc21. The summed E-state index contributed by atoms with van der Waals surface area (Å²) in [6.45, 7) is 5.44. The van der Waals surface area contributed by atoms with Gasteiger partial charge in [0.05, 0.1) is 11.0 Å². The Morgan fingerprint density at radius 2 is 1.79 bits per heavy atom. The lowest BCUT2D eigenvalue weighted by atomic mass is 10.1. The molecule has 0 aliphatic carbocycles. The molecule has 8 heteroatoms. The zero-order valence-corrected chi connectivity index (χ0v) is 16.1. The number of hydrogen-bond acceptors (Lipinski definition) is 6. The number of rotatable bonds is 2. The van der Waals surface area contributed by atoms with Gasteiger partial charge in [-0.1, -0.05) is 12.1 Å². The minimum Gasteiger partial charge on any atom is -0.443 e. The molecule has 0 bridgehead atoms. The molecule has 0 aliphatic heterocycles. The van der Waals surface area contributed by atoms with Crippen molar-refractivity contribution in [1.29, 1.82) is 0 Å². The Hall–Kier alpha value is -3.81. The standard InChI is InChI=1S/C21H18N4O4/c1-21(2,3)29-20(26)24-17-8-9-22-12-16(17)15-6-4-13(10-18(15)24)14-5-7-19(23-11-14)25(27)28/h4-12H,1-3H3. The lowest BCUT2D eigenvalue weighted by molar-refractivity contribution is -0.389. The van der Waals surface area contributed by atoms with Gasteiger partial charge < -0.3 is 14.9 Å². The van der Waals surface area contributed by atoms with E-state index < -0.39 is 16.6 Å². The summed E-state index contributed by atoms with van der Waals surface area (Å²) in [7, 11) is 0. The molecule has 4 rings (SSSR count). The minimum absolute atomic E-state index is 0.219. The summed E-state index contributed by atoms with van der Waals surface area (Å²) in [5.74, 6) is -0.219. The molecule has 0 atom stereocenters. The number of pyridine rings is 2. The monoisotopic (exact) mass is 390 g/mol. The topological polar surface area (TPSA) is 100 Å². The molecule has 0 spiro atoms. The maximum Gasteiger partial charge on any atom is 0.419 e. The average molecular weight is 390 g/mol. The highest BCUT2D eigenvalue weighted by Crippen LogP contribution is 2.32. The molecule has 0 saturated heterocycles. The zero-order valence-electron chi connectivity index (χ0n) is 16.1. The number of hydrogen-bond donors (Lipinski definition) is 0. The Kier molecular flexibility index (Phi) is 4.26. The van der Waals surface area contributed by atoms with E-state index in [9.17, 15) is 14.9 Å². The molecule has 0 amide bonds. The van der Waals surface area contributed by atoms with Crippen molar-refractivity contribution in [3.63, 3.8) is 0 Å². The third kappa shape index (κ3) is 3.40. The van der Waals surface area contributed by atoms with Gasteiger partial charge in [0.25, 0.3) is 0 Å². The molecule has 0 saturated carbocycles. The quantitative estimate of drug-likeness (QED) is 0.355. The van der Waals surface area contributed by atoms with Crippen LogP contribution in [0, 0.1) is 10.1 Å². The van der Waals surface area contributed by atoms with E-state index in [1.807, 2.05) is 39.0 Å². The second kappa shape index (κ2) is 6.66. The van der Waals surface area contributed by atoms with Crippen molar-refractivity contribution >= 4 is 33.7 Å². The fourth-order valence-corrected chi connectivity index (χ4v) is 3.21. The van der Waals surface area contributed by atoms with E-state index in [1.165, 1.54) is 16.8 Å². The molecule has 146 valence electrons. The van der Waals surface area contributed by atoms with Gasteiger partial charge in [-0.05, 0) is 54.4 Å². The highest BCUT2D eigenvalue weighted by Gasteiger charge is 2.23. The van der Waals surface area contributed by atoms with Crippen molar-refractivity contribution < 1.29 is 14.5 Å². The molecule has 1 aromatic carbocycles. The number of nitro groups is 1. The summed E-state index contributed by atoms with van der Waals surface area (Å²) >= 11 is 0. The number of nitrogens with zero attached hydrogens (tertiary/aromatic N) is 4. The van der Waals surface area contributed by atoms with E-state index in [2.05, 4.69) is 9.97 Å². The van der Waals surface area contributed by atoms with Gasteiger partial charge in [-0.2, -0.15) is 0 Å². The molecule has 3 aromatic heterocycles. The maximum atomic E-state index is 12.9. The first-order valence-electron chi connectivity index (χ1n) is 8.97. The van der Waals surface area contributed by atoms with Crippen LogP contribution < -0.4 is 0 Å². The van der Waals surface area contributed by atoms with Crippen molar-refractivity contribution in [1.82, 2.24) is 14.5 Å². The maximum absolute atomic E-state index is 12.9. The van der Waals surface area contributed by atoms with Crippen molar-refractivity contribution in [2.75, 3.05) is 0 Å². The van der Waals surface area contributed by atoms with Crippen molar-refractivity contribution in [2.45, 2.75) is 26.4 Å². The number of aromatic nitrogens is 3. The Labute approximate surface area is 165 Å². The van der Waals surface area contributed by atoms with Gasteiger partial charge in [0.1, 0.15) is 11.8 Å². The van der Waals surface area contributed by atoms with Crippen LogP contribution in [-0.4, -0.2) is 31.2 Å². The molecular formula is C21H18N4O4. The summed E-state index contributed by atoms with van der Waals surface area (Å²) in [5, 5.41) is 12.5. The Morgan fingerprint density at radius 1 is 1.03 bits per heavy atom. The fourth-order valence-electron chi connectivity index (χ4n) is 3.21. The molecule has 0 N–H and O–H groups in total. The predicted octanol–water partition coefficient (Wildman–Crippen LogP) is 4.94. The van der Waals surface area contributed by atoms with Crippen molar-refractivity contribution in [2.24, 2.45) is 0 Å². The normalized spacial score (nSPS) is 11.7. The van der Waals surface area contributed by atoms with Gasteiger partial charge in [0, 0.05) is 34.8 Å². The van der Waals surface area contributed by atoms with Gasteiger partial charge in [-0.25, -0.2) is 9.36 Å². The first kappa shape index (κ1) is 18.5. The molecule has 3 heterocycles. The van der Waals surface area contributed by atoms with Crippen LogP contribution in [-0.2, 0) is 4.74 Å². The van der Waals surface area contributed by atoms with E-state index in [0.717, 1.165) is 16.3 Å². The van der Waals surface area contributed by atoms with Crippen LogP contribution in [0.2, 0.25) is 0 Å².